The zero-order valence-corrected chi connectivity index (χ0v) is 11.6. The molecule has 1 unspecified atom stereocenters. The molecule has 1 rings (SSSR count). The molecule has 1 aromatic carbocycles. The molecule has 6 heteroatoms. The second kappa shape index (κ2) is 8.14. The third kappa shape index (κ3) is 5.59. The van der Waals surface area contributed by atoms with Gasteiger partial charge in [-0.2, -0.15) is 11.8 Å². The molecule has 0 radical (unpaired) electrons. The van der Waals surface area contributed by atoms with Crippen LogP contribution >= 0.6 is 11.8 Å². The molecule has 0 spiro atoms. The molecule has 4 nitrogen and oxygen atoms in total. The van der Waals surface area contributed by atoms with Crippen molar-refractivity contribution in [2.75, 3.05) is 18.6 Å². The normalized spacial score (nSPS) is 13.9. The fourth-order valence-corrected chi connectivity index (χ4v) is 2.03. The summed E-state index contributed by atoms with van der Waals surface area (Å²) >= 11 is 1.62. The number of nitrogens with one attached hydrogen (secondary N) is 1. The molecule has 0 fully saturated rings. The van der Waals surface area contributed by atoms with Crippen LogP contribution in [0, 0.1) is 5.82 Å². The maximum absolute atomic E-state index is 13.0. The lowest BCUT2D eigenvalue weighted by Crippen LogP contribution is -2.42. The first kappa shape index (κ1) is 15.9. The van der Waals surface area contributed by atoms with E-state index in [9.17, 15) is 14.3 Å². The van der Waals surface area contributed by atoms with Gasteiger partial charge in [-0.15, -0.1) is 0 Å². The van der Waals surface area contributed by atoms with Crippen LogP contribution in [0.25, 0.3) is 0 Å². The van der Waals surface area contributed by atoms with E-state index in [0.717, 1.165) is 5.75 Å². The van der Waals surface area contributed by atoms with Gasteiger partial charge >= 0.3 is 0 Å². The predicted octanol–water partition coefficient (Wildman–Crippen LogP) is 1.06. The zero-order valence-electron chi connectivity index (χ0n) is 10.8. The largest absolute Gasteiger partial charge is 0.387 e. The number of benzene rings is 1. The Kier molecular flexibility index (Phi) is 6.83. The first-order valence-electron chi connectivity index (χ1n) is 6.00. The molecule has 106 valence electrons. The average Bonchev–Trinajstić information content (AvgIpc) is 2.41. The Labute approximate surface area is 116 Å². The Hall–Kier alpha value is -1.11. The molecule has 1 amide bonds. The van der Waals surface area contributed by atoms with Crippen LogP contribution in [0.15, 0.2) is 24.3 Å². The van der Waals surface area contributed by atoms with Crippen LogP contribution in [0.1, 0.15) is 18.1 Å². The van der Waals surface area contributed by atoms with Gasteiger partial charge < -0.3 is 16.2 Å². The summed E-state index contributed by atoms with van der Waals surface area (Å²) in [5, 5.41) is 12.4. The summed E-state index contributed by atoms with van der Waals surface area (Å²) in [5.41, 5.74) is 6.11. The molecule has 1 aromatic rings. The van der Waals surface area contributed by atoms with E-state index in [0.29, 0.717) is 12.0 Å². The highest BCUT2D eigenvalue weighted by Crippen LogP contribution is 2.13. The van der Waals surface area contributed by atoms with E-state index >= 15 is 0 Å². The molecule has 4 N–H and O–H groups in total. The van der Waals surface area contributed by atoms with Crippen molar-refractivity contribution in [3.8, 4) is 0 Å². The first-order valence-corrected chi connectivity index (χ1v) is 7.39. The molecular weight excluding hydrogens is 267 g/mol. The SMILES string of the molecule is CSCC[C@H](N)C(=O)NCC(O)c1cccc(F)c1. The Morgan fingerprint density at radius 2 is 2.32 bits per heavy atom. The molecule has 0 aromatic heterocycles. The highest BCUT2D eigenvalue weighted by Gasteiger charge is 2.15. The van der Waals surface area contributed by atoms with Crippen molar-refractivity contribution in [1.82, 2.24) is 5.32 Å². The Balaban J connectivity index is 2.41. The van der Waals surface area contributed by atoms with Gasteiger partial charge in [0.1, 0.15) is 5.82 Å². The van der Waals surface area contributed by atoms with Gasteiger partial charge in [0.15, 0.2) is 0 Å². The van der Waals surface area contributed by atoms with E-state index in [1.807, 2.05) is 6.26 Å². The number of aliphatic hydroxyl groups excluding tert-OH is 1. The quantitative estimate of drug-likeness (QED) is 0.700. The molecule has 19 heavy (non-hydrogen) atoms. The van der Waals surface area contributed by atoms with Gasteiger partial charge in [-0.3, -0.25) is 4.79 Å². The second-order valence-corrected chi connectivity index (χ2v) is 5.19. The molecule has 0 heterocycles. The van der Waals surface area contributed by atoms with Crippen molar-refractivity contribution in [1.29, 1.82) is 0 Å². The molecule has 0 bridgehead atoms. The van der Waals surface area contributed by atoms with Crippen LogP contribution < -0.4 is 11.1 Å². The fourth-order valence-electron chi connectivity index (χ4n) is 1.54. The van der Waals surface area contributed by atoms with Gasteiger partial charge in [-0.05, 0) is 36.1 Å². The summed E-state index contributed by atoms with van der Waals surface area (Å²) in [6, 6.07) is 5.08. The van der Waals surface area contributed by atoms with Crippen molar-refractivity contribution in [3.05, 3.63) is 35.6 Å². The van der Waals surface area contributed by atoms with Crippen molar-refractivity contribution in [2.24, 2.45) is 5.73 Å². The lowest BCUT2D eigenvalue weighted by Gasteiger charge is -2.15. The molecule has 0 aliphatic carbocycles. The number of carbonyl (C=O) groups excluding carboxylic acids is 1. The number of hydrogen-bond acceptors (Lipinski definition) is 4. The highest BCUT2D eigenvalue weighted by molar-refractivity contribution is 7.98. The van der Waals surface area contributed by atoms with E-state index in [2.05, 4.69) is 5.32 Å². The smallest absolute Gasteiger partial charge is 0.237 e. The van der Waals surface area contributed by atoms with Gasteiger partial charge in [0, 0.05) is 6.54 Å². The van der Waals surface area contributed by atoms with Crippen LogP contribution in [0.3, 0.4) is 0 Å². The van der Waals surface area contributed by atoms with Crippen molar-refractivity contribution in [3.63, 3.8) is 0 Å². The van der Waals surface area contributed by atoms with Gasteiger partial charge in [-0.25, -0.2) is 4.39 Å². The summed E-state index contributed by atoms with van der Waals surface area (Å²) in [6.07, 6.45) is 1.59. The standard InChI is InChI=1S/C13H19FN2O2S/c1-19-6-5-11(15)13(18)16-8-12(17)9-3-2-4-10(14)7-9/h2-4,7,11-12,17H,5-6,8,15H2,1H3,(H,16,18)/t11-,12?/m0/s1. The second-order valence-electron chi connectivity index (χ2n) is 4.20. The van der Waals surface area contributed by atoms with Crippen LogP contribution in [-0.2, 0) is 4.79 Å². The van der Waals surface area contributed by atoms with Gasteiger partial charge in [-0.1, -0.05) is 12.1 Å². The maximum atomic E-state index is 13.0. The van der Waals surface area contributed by atoms with E-state index in [1.54, 1.807) is 17.8 Å². The number of thioether (sulfide) groups is 1. The average molecular weight is 286 g/mol. The van der Waals surface area contributed by atoms with Gasteiger partial charge in [0.05, 0.1) is 12.1 Å². The minimum atomic E-state index is -0.938. The monoisotopic (exact) mass is 286 g/mol. The van der Waals surface area contributed by atoms with Crippen molar-refractivity contribution < 1.29 is 14.3 Å². The summed E-state index contributed by atoms with van der Waals surface area (Å²) in [6.45, 7) is 0.0231. The third-order valence-corrected chi connectivity index (χ3v) is 3.32. The first-order chi connectivity index (χ1) is 9.04. The molecule has 0 aliphatic heterocycles. The molecule has 0 aliphatic rings. The summed E-state index contributed by atoms with van der Waals surface area (Å²) in [5.74, 6) is 0.0881. The molecule has 2 atom stereocenters. The van der Waals surface area contributed by atoms with Crippen LogP contribution in [0.4, 0.5) is 4.39 Å². The van der Waals surface area contributed by atoms with Gasteiger partial charge in [0.25, 0.3) is 0 Å². The molecule has 0 saturated heterocycles. The van der Waals surface area contributed by atoms with E-state index in [4.69, 9.17) is 5.73 Å². The summed E-state index contributed by atoms with van der Waals surface area (Å²) < 4.78 is 13.0. The minimum Gasteiger partial charge on any atom is -0.387 e. The summed E-state index contributed by atoms with van der Waals surface area (Å²) in [7, 11) is 0. The Bertz CT molecular complexity index is 417. The fraction of sp³-hybridized carbons (Fsp3) is 0.462. The third-order valence-electron chi connectivity index (χ3n) is 2.67. The molecule has 0 saturated carbocycles. The number of amides is 1. The number of halogens is 1. The number of aliphatic hydroxyl groups is 1. The Morgan fingerprint density at radius 1 is 1.58 bits per heavy atom. The molecular formula is C13H19FN2O2S. The predicted molar refractivity (Wildman–Crippen MR) is 75.3 cm³/mol. The van der Waals surface area contributed by atoms with Crippen LogP contribution in [0.5, 0.6) is 0 Å². The maximum Gasteiger partial charge on any atom is 0.237 e. The number of carbonyl (C=O) groups is 1. The highest BCUT2D eigenvalue weighted by atomic mass is 32.2. The van der Waals surface area contributed by atoms with E-state index < -0.39 is 18.0 Å². The topological polar surface area (TPSA) is 75.4 Å². The van der Waals surface area contributed by atoms with Crippen LogP contribution in [-0.4, -0.2) is 35.6 Å². The number of nitrogens with two attached hydrogens (primary N) is 1. The number of rotatable bonds is 7. The van der Waals surface area contributed by atoms with Gasteiger partial charge in [0.2, 0.25) is 5.91 Å². The van der Waals surface area contributed by atoms with Crippen molar-refractivity contribution >= 4 is 17.7 Å². The lowest BCUT2D eigenvalue weighted by molar-refractivity contribution is -0.122. The van der Waals surface area contributed by atoms with Crippen LogP contribution in [0.2, 0.25) is 0 Å². The van der Waals surface area contributed by atoms with Crippen molar-refractivity contribution in [2.45, 2.75) is 18.6 Å². The number of hydrogen-bond donors (Lipinski definition) is 3. The summed E-state index contributed by atoms with van der Waals surface area (Å²) in [4.78, 5) is 11.6. The lowest BCUT2D eigenvalue weighted by atomic mass is 10.1. The van der Waals surface area contributed by atoms with E-state index in [1.165, 1.54) is 18.2 Å². The zero-order chi connectivity index (χ0) is 14.3. The van der Waals surface area contributed by atoms with E-state index in [-0.39, 0.29) is 12.5 Å². The Morgan fingerprint density at radius 3 is 2.95 bits per heavy atom. The minimum absolute atomic E-state index is 0.0231.